The zero-order valence-electron chi connectivity index (χ0n) is 11.8. The molecular formula is C14H18N4S2. The van der Waals surface area contributed by atoms with Gasteiger partial charge < -0.3 is 11.1 Å². The largest absolute Gasteiger partial charge is 0.389 e. The van der Waals surface area contributed by atoms with Gasteiger partial charge in [0.2, 0.25) is 0 Å². The lowest BCUT2D eigenvalue weighted by molar-refractivity contribution is 0.784. The molecule has 106 valence electrons. The van der Waals surface area contributed by atoms with Crippen molar-refractivity contribution in [3.05, 3.63) is 39.2 Å². The Balaban J connectivity index is 2.20. The van der Waals surface area contributed by atoms with Crippen molar-refractivity contribution in [3.63, 3.8) is 0 Å². The number of aromatic nitrogens is 2. The molecule has 4 nitrogen and oxygen atoms in total. The molecule has 0 saturated heterocycles. The van der Waals surface area contributed by atoms with Crippen LogP contribution in [0.5, 0.6) is 0 Å². The molecule has 0 radical (unpaired) electrons. The number of thiophene rings is 1. The third-order valence-corrected chi connectivity index (χ3v) is 4.27. The molecule has 0 saturated carbocycles. The maximum Gasteiger partial charge on any atom is 0.159 e. The van der Waals surface area contributed by atoms with E-state index in [1.54, 1.807) is 11.3 Å². The minimum Gasteiger partial charge on any atom is -0.389 e. The van der Waals surface area contributed by atoms with Gasteiger partial charge in [-0.3, -0.25) is 0 Å². The molecule has 6 heteroatoms. The standard InChI is InChI=1S/C14H18N4S2/c1-8(7-11-5-4-6-20-11)16-14-12(13(15)19)9(2)10(3)17-18-14/h4-6,8H,7H2,1-3H3,(H2,15,19)(H,16,18). The maximum absolute atomic E-state index is 5.82. The maximum atomic E-state index is 5.82. The van der Waals surface area contributed by atoms with Crippen molar-refractivity contribution in [1.29, 1.82) is 0 Å². The van der Waals surface area contributed by atoms with E-state index in [4.69, 9.17) is 18.0 Å². The molecule has 0 aromatic carbocycles. The molecule has 20 heavy (non-hydrogen) atoms. The van der Waals surface area contributed by atoms with Gasteiger partial charge in [-0.1, -0.05) is 18.3 Å². The molecular weight excluding hydrogens is 288 g/mol. The Labute approximate surface area is 128 Å². The first kappa shape index (κ1) is 14.9. The van der Waals surface area contributed by atoms with E-state index in [2.05, 4.69) is 40.0 Å². The highest BCUT2D eigenvalue weighted by molar-refractivity contribution is 7.80. The lowest BCUT2D eigenvalue weighted by Gasteiger charge is -2.17. The quantitative estimate of drug-likeness (QED) is 0.832. The van der Waals surface area contributed by atoms with Crippen LogP contribution in [-0.2, 0) is 6.42 Å². The van der Waals surface area contributed by atoms with Crippen LogP contribution in [0.4, 0.5) is 5.82 Å². The zero-order chi connectivity index (χ0) is 14.7. The van der Waals surface area contributed by atoms with E-state index in [9.17, 15) is 0 Å². The molecule has 0 aliphatic rings. The van der Waals surface area contributed by atoms with Crippen LogP contribution in [0.15, 0.2) is 17.5 Å². The van der Waals surface area contributed by atoms with Crippen LogP contribution in [0.1, 0.15) is 28.6 Å². The molecule has 2 rings (SSSR count). The van der Waals surface area contributed by atoms with Gasteiger partial charge in [0.25, 0.3) is 0 Å². The molecule has 1 unspecified atom stereocenters. The predicted molar refractivity (Wildman–Crippen MR) is 88.5 cm³/mol. The van der Waals surface area contributed by atoms with Gasteiger partial charge >= 0.3 is 0 Å². The van der Waals surface area contributed by atoms with Crippen LogP contribution in [0.2, 0.25) is 0 Å². The van der Waals surface area contributed by atoms with Crippen molar-refractivity contribution in [2.75, 3.05) is 5.32 Å². The summed E-state index contributed by atoms with van der Waals surface area (Å²) in [7, 11) is 0. The number of rotatable bonds is 5. The first-order chi connectivity index (χ1) is 9.49. The highest BCUT2D eigenvalue weighted by atomic mass is 32.1. The van der Waals surface area contributed by atoms with Crippen LogP contribution < -0.4 is 11.1 Å². The number of hydrogen-bond acceptors (Lipinski definition) is 5. The zero-order valence-corrected chi connectivity index (χ0v) is 13.4. The van der Waals surface area contributed by atoms with E-state index < -0.39 is 0 Å². The molecule has 2 heterocycles. The minimum atomic E-state index is 0.234. The first-order valence-corrected chi connectivity index (χ1v) is 7.70. The van der Waals surface area contributed by atoms with Crippen LogP contribution in [0.3, 0.4) is 0 Å². The fraction of sp³-hybridized carbons (Fsp3) is 0.357. The van der Waals surface area contributed by atoms with Crippen molar-refractivity contribution >= 4 is 34.4 Å². The van der Waals surface area contributed by atoms with E-state index in [1.807, 2.05) is 13.8 Å². The molecule has 0 spiro atoms. The molecule has 0 aliphatic carbocycles. The number of nitrogens with two attached hydrogens (primary N) is 1. The summed E-state index contributed by atoms with van der Waals surface area (Å²) in [5.41, 5.74) is 8.45. The van der Waals surface area contributed by atoms with Crippen LogP contribution in [0.25, 0.3) is 0 Å². The summed E-state index contributed by atoms with van der Waals surface area (Å²) in [6, 6.07) is 4.42. The molecule has 1 atom stereocenters. The van der Waals surface area contributed by atoms with Crippen LogP contribution in [0, 0.1) is 13.8 Å². The fourth-order valence-corrected chi connectivity index (χ4v) is 3.11. The third-order valence-electron chi connectivity index (χ3n) is 3.17. The van der Waals surface area contributed by atoms with E-state index in [1.165, 1.54) is 4.88 Å². The van der Waals surface area contributed by atoms with Crippen molar-refractivity contribution in [1.82, 2.24) is 10.2 Å². The molecule has 0 bridgehead atoms. The van der Waals surface area contributed by atoms with E-state index in [0.717, 1.165) is 23.2 Å². The van der Waals surface area contributed by atoms with Crippen molar-refractivity contribution in [2.24, 2.45) is 5.73 Å². The summed E-state index contributed by atoms with van der Waals surface area (Å²) < 4.78 is 0. The second-order valence-electron chi connectivity index (χ2n) is 4.83. The second-order valence-corrected chi connectivity index (χ2v) is 6.30. The van der Waals surface area contributed by atoms with Crippen LogP contribution in [-0.4, -0.2) is 21.2 Å². The third kappa shape index (κ3) is 3.32. The van der Waals surface area contributed by atoms with Gasteiger partial charge in [0.1, 0.15) is 4.99 Å². The monoisotopic (exact) mass is 306 g/mol. The minimum absolute atomic E-state index is 0.234. The van der Waals surface area contributed by atoms with Crippen LogP contribution >= 0.6 is 23.6 Å². The van der Waals surface area contributed by atoms with E-state index >= 15 is 0 Å². The van der Waals surface area contributed by atoms with E-state index in [0.29, 0.717) is 10.8 Å². The highest BCUT2D eigenvalue weighted by Gasteiger charge is 2.15. The molecule has 0 amide bonds. The Morgan fingerprint density at radius 2 is 2.20 bits per heavy atom. The first-order valence-electron chi connectivity index (χ1n) is 6.41. The summed E-state index contributed by atoms with van der Waals surface area (Å²) in [5, 5.41) is 13.8. The molecule has 0 fully saturated rings. The number of nitrogens with one attached hydrogen (secondary N) is 1. The second kappa shape index (κ2) is 6.28. The number of anilines is 1. The summed E-state index contributed by atoms with van der Waals surface area (Å²) in [6.07, 6.45) is 0.934. The Kier molecular flexibility index (Phi) is 4.67. The average Bonchev–Trinajstić information content (AvgIpc) is 2.86. The van der Waals surface area contributed by atoms with Gasteiger partial charge in [0.05, 0.1) is 11.3 Å². The van der Waals surface area contributed by atoms with Crippen molar-refractivity contribution < 1.29 is 0 Å². The lowest BCUT2D eigenvalue weighted by Crippen LogP contribution is -2.24. The number of aryl methyl sites for hydroxylation is 1. The fourth-order valence-electron chi connectivity index (χ4n) is 2.03. The predicted octanol–water partition coefficient (Wildman–Crippen LogP) is 2.83. The topological polar surface area (TPSA) is 63.8 Å². The normalized spacial score (nSPS) is 12.2. The molecule has 0 aliphatic heterocycles. The lowest BCUT2D eigenvalue weighted by atomic mass is 10.1. The molecule has 2 aromatic heterocycles. The van der Waals surface area contributed by atoms with Gasteiger partial charge in [-0.05, 0) is 37.8 Å². The summed E-state index contributed by atoms with van der Waals surface area (Å²) in [5.74, 6) is 0.671. The number of hydrogen-bond donors (Lipinski definition) is 2. The van der Waals surface area contributed by atoms with E-state index in [-0.39, 0.29) is 6.04 Å². The molecule has 3 N–H and O–H groups in total. The number of nitrogens with zero attached hydrogens (tertiary/aromatic N) is 2. The van der Waals surface area contributed by atoms with Gasteiger partial charge in [-0.25, -0.2) is 0 Å². The Morgan fingerprint density at radius 3 is 2.80 bits per heavy atom. The summed E-state index contributed by atoms with van der Waals surface area (Å²) >= 11 is 6.89. The highest BCUT2D eigenvalue weighted by Crippen LogP contribution is 2.20. The Hall–Kier alpha value is -1.53. The summed E-state index contributed by atoms with van der Waals surface area (Å²) in [6.45, 7) is 5.98. The average molecular weight is 306 g/mol. The van der Waals surface area contributed by atoms with Crippen molar-refractivity contribution in [3.8, 4) is 0 Å². The van der Waals surface area contributed by atoms with Gasteiger partial charge in [0.15, 0.2) is 5.82 Å². The molecule has 2 aromatic rings. The summed E-state index contributed by atoms with van der Waals surface area (Å²) in [4.78, 5) is 1.69. The smallest absolute Gasteiger partial charge is 0.159 e. The Morgan fingerprint density at radius 1 is 1.45 bits per heavy atom. The SMILES string of the molecule is Cc1nnc(NC(C)Cc2cccs2)c(C(N)=S)c1C. The van der Waals surface area contributed by atoms with Gasteiger partial charge in [0, 0.05) is 17.3 Å². The van der Waals surface area contributed by atoms with Crippen molar-refractivity contribution in [2.45, 2.75) is 33.2 Å². The van der Waals surface area contributed by atoms with Gasteiger partial charge in [-0.15, -0.1) is 16.4 Å². The Bertz CT molecular complexity index is 608. The van der Waals surface area contributed by atoms with Gasteiger partial charge in [-0.2, -0.15) is 5.10 Å². The number of thiocarbonyl (C=S) groups is 1.